The number of halogens is 18. The first-order valence-electron chi connectivity index (χ1n) is 24.6. The lowest BCUT2D eigenvalue weighted by Gasteiger charge is -2.17. The Morgan fingerprint density at radius 3 is 1.26 bits per heavy atom. The van der Waals surface area contributed by atoms with Crippen molar-refractivity contribution in [2.45, 2.75) is 136 Å². The van der Waals surface area contributed by atoms with Crippen LogP contribution in [0.4, 0.5) is 68.5 Å². The summed E-state index contributed by atoms with van der Waals surface area (Å²) in [6.45, 7) is 9.68. The second-order valence-electron chi connectivity index (χ2n) is 18.0. The molecule has 0 saturated carbocycles. The molecular weight excluding hydrogens is 1360 g/mol. The molecule has 2 aliphatic rings. The Balaban J connectivity index is -0.000000226. The van der Waals surface area contributed by atoms with E-state index in [2.05, 4.69) is 10.3 Å². The van der Waals surface area contributed by atoms with Gasteiger partial charge in [-0.25, -0.2) is 22.2 Å². The first-order valence-corrected chi connectivity index (χ1v) is 26.5. The van der Waals surface area contributed by atoms with Crippen molar-refractivity contribution in [2.75, 3.05) is 20.6 Å². The Morgan fingerprint density at radius 2 is 0.957 bits per heavy atom. The smallest absolute Gasteiger partial charge is 0.346 e. The summed E-state index contributed by atoms with van der Waals surface area (Å²) in [6, 6.07) is 20.1. The topological polar surface area (TPSA) is 192 Å². The summed E-state index contributed by atoms with van der Waals surface area (Å²) in [5.74, 6) is -8.64. The lowest BCUT2D eigenvalue weighted by Crippen LogP contribution is -2.33. The summed E-state index contributed by atoms with van der Waals surface area (Å²) in [7, 11) is 4.94. The normalized spacial score (nSPS) is 11.9. The van der Waals surface area contributed by atoms with Crippen molar-refractivity contribution in [3.05, 3.63) is 180 Å². The molecule has 520 valence electrons. The summed E-state index contributed by atoms with van der Waals surface area (Å²) in [5.41, 5.74) is 2.42. The van der Waals surface area contributed by atoms with Crippen LogP contribution in [0.25, 0.3) is 10.9 Å². The highest BCUT2D eigenvalue weighted by molar-refractivity contribution is 6.55. The van der Waals surface area contributed by atoms with E-state index >= 15 is 0 Å². The van der Waals surface area contributed by atoms with Gasteiger partial charge in [0.05, 0.1) is 40.3 Å². The number of nitro benzene ring substituents is 2. The maximum Gasteiger partial charge on any atom is 0.400 e. The van der Waals surface area contributed by atoms with Crippen LogP contribution in [0.2, 0.25) is 25.1 Å². The second-order valence-corrected chi connectivity index (χ2v) is 19.9. The SMILES string of the molecule is C.C.C.C.C.CC(C(F)(F)F)C(F)(F)F.CCC(F)(F)F.CN1C(=O)CCC1=O.CN1CCCC1=O.Cc1c(Cl)c(Cl)c(Cl)c(Cl)c1Cl.Cc1c(F)c(C)c(F)c(F)c1F.Cc1ccc([N+](=O)[O-])cc1.Cc1cccc([N+](=O)[O-])c1.Cn1nnc2ccccc2c1=O. The average Bonchev–Trinajstić information content (AvgIpc) is 1.06. The minimum Gasteiger partial charge on any atom is -0.346 e. The molecule has 0 aliphatic carbocycles. The molecule has 1 aromatic heterocycles. The van der Waals surface area contributed by atoms with Gasteiger partial charge in [-0.2, -0.15) is 39.5 Å². The molecule has 0 radical (unpaired) electrons. The number of alkyl halides is 9. The molecule has 2 aliphatic heterocycles. The number of aryl methyl sites for hydroxylation is 3. The molecule has 0 unspecified atom stereocenters. The van der Waals surface area contributed by atoms with Crippen molar-refractivity contribution in [3.63, 3.8) is 0 Å². The van der Waals surface area contributed by atoms with Gasteiger partial charge in [0.1, 0.15) is 17.3 Å². The zero-order valence-electron chi connectivity index (χ0n) is 47.4. The fraction of sp³-hybridized carbons (Fsp3) is 0.424. The number of carbonyl (C=O) groups is 3. The minimum atomic E-state index is -5.18. The first-order chi connectivity index (χ1) is 39.8. The van der Waals surface area contributed by atoms with Gasteiger partial charge in [-0.15, -0.1) is 5.10 Å². The van der Waals surface area contributed by atoms with E-state index in [1.54, 1.807) is 55.3 Å². The van der Waals surface area contributed by atoms with Crippen LogP contribution in [0.5, 0.6) is 0 Å². The Hall–Kier alpha value is -6.88. The van der Waals surface area contributed by atoms with Crippen LogP contribution in [0.15, 0.2) is 77.6 Å². The molecule has 15 nitrogen and oxygen atoms in total. The molecule has 2 fully saturated rings. The standard InChI is InChI=1S/C8H6F4.C8H7N3O.C7H3Cl5.2C7H7NO2.C5H7NO2.C5H9NO.C4H4F6.C3H5F3.5CH4/c1-3-5(9)4(2)7(11)8(12)6(3)10;1-11-8(12)6-4-2-3-5-7(6)9-10-11;1-2-3(8)5(10)7(12)6(11)4(2)9;1-6-2-4-7(5-3-6)8(9)10;1-6-3-2-4-7(5-6)8(9)10;1-6-4(7)2-3-5(6)8;1-6-4-2-3-5(6)7;1-2(3(5,6)7)4(8,9)10;1-2-3(4,5)6;;;;;/h1-2H3;2-5H,1H3;1H3;2*2-5H,1H3;2-3H2,1H3;2-4H2,1H3;2H,1H3;2H2,1H3;5*1H4. The molecule has 0 N–H and O–H groups in total. The van der Waals surface area contributed by atoms with Crippen molar-refractivity contribution in [2.24, 2.45) is 13.0 Å². The summed E-state index contributed by atoms with van der Waals surface area (Å²) in [6.07, 6.45) is -12.4. The van der Waals surface area contributed by atoms with Crippen LogP contribution in [-0.2, 0) is 21.4 Å². The fourth-order valence-corrected chi connectivity index (χ4v) is 6.98. The lowest BCUT2D eigenvalue weighted by molar-refractivity contribution is -0.385. The number of hydrogen-bond acceptors (Lipinski definition) is 10. The number of likely N-dealkylation sites (tertiary alicyclic amines) is 2. The molecule has 92 heavy (non-hydrogen) atoms. The van der Waals surface area contributed by atoms with Gasteiger partial charge in [0.25, 0.3) is 16.9 Å². The number of non-ortho nitro benzene ring substituents is 2. The molecule has 33 heteroatoms. The van der Waals surface area contributed by atoms with Crippen LogP contribution in [-0.4, -0.2) is 91.5 Å². The molecule has 6 aromatic rings. The van der Waals surface area contributed by atoms with Crippen molar-refractivity contribution in [3.8, 4) is 0 Å². The highest BCUT2D eigenvalue weighted by Crippen LogP contribution is 2.43. The molecule has 8 rings (SSSR count). The Bertz CT molecular complexity index is 3070. The van der Waals surface area contributed by atoms with Crippen molar-refractivity contribution < 1.29 is 81.3 Å². The molecule has 5 aromatic carbocycles. The highest BCUT2D eigenvalue weighted by atomic mass is 35.5. The largest absolute Gasteiger partial charge is 0.400 e. The van der Waals surface area contributed by atoms with Crippen LogP contribution in [0.1, 0.15) is 111 Å². The average molecular weight is 1430 g/mol. The number of imide groups is 1. The third-order valence-electron chi connectivity index (χ3n) is 11.3. The van der Waals surface area contributed by atoms with Gasteiger partial charge in [0.15, 0.2) is 17.5 Å². The Kier molecular flexibility index (Phi) is 45.9. The van der Waals surface area contributed by atoms with Gasteiger partial charge in [-0.1, -0.05) is 149 Å². The minimum absolute atomic E-state index is 0. The summed E-state index contributed by atoms with van der Waals surface area (Å²) in [4.78, 5) is 65.3. The van der Waals surface area contributed by atoms with Gasteiger partial charge < -0.3 is 4.90 Å². The van der Waals surface area contributed by atoms with Crippen LogP contribution >= 0.6 is 58.0 Å². The molecule has 3 amide bonds. The van der Waals surface area contributed by atoms with Crippen molar-refractivity contribution in [1.29, 1.82) is 0 Å². The molecular formula is C59H75Cl5F13N7O8. The number of hydrogen-bond donors (Lipinski definition) is 0. The molecule has 2 saturated heterocycles. The van der Waals surface area contributed by atoms with Crippen molar-refractivity contribution >= 4 is 98.0 Å². The molecule has 0 spiro atoms. The third kappa shape index (κ3) is 32.6. The maximum atomic E-state index is 12.8. The summed E-state index contributed by atoms with van der Waals surface area (Å²) in [5, 5.41) is 29.8. The van der Waals surface area contributed by atoms with E-state index in [9.17, 15) is 96.5 Å². The molecule has 3 heterocycles. The number of aromatic nitrogens is 3. The second kappa shape index (κ2) is 43.9. The van der Waals surface area contributed by atoms with E-state index in [0.29, 0.717) is 45.3 Å². The number of fused-ring (bicyclic) bond motifs is 1. The third-order valence-corrected chi connectivity index (χ3v) is 13.8. The zero-order valence-corrected chi connectivity index (χ0v) is 51.2. The van der Waals surface area contributed by atoms with Crippen LogP contribution < -0.4 is 5.56 Å². The predicted octanol–water partition coefficient (Wildman–Crippen LogP) is 20.1. The highest BCUT2D eigenvalue weighted by Gasteiger charge is 2.53. The van der Waals surface area contributed by atoms with Crippen LogP contribution in [0.3, 0.4) is 0 Å². The van der Waals surface area contributed by atoms with Gasteiger partial charge >= 0.3 is 18.5 Å². The first kappa shape index (κ1) is 96.2. The number of nitrogens with zero attached hydrogens (tertiary/aromatic N) is 7. The van der Waals surface area contributed by atoms with E-state index in [4.69, 9.17) is 58.0 Å². The Labute approximate surface area is 551 Å². The molecule has 0 bridgehead atoms. The number of benzene rings is 5. The monoisotopic (exact) mass is 1430 g/mol. The fourth-order valence-electron chi connectivity index (χ4n) is 5.75. The quantitative estimate of drug-likeness (QED) is 0.0402. The predicted molar refractivity (Wildman–Crippen MR) is 338 cm³/mol. The summed E-state index contributed by atoms with van der Waals surface area (Å²) >= 11 is 28.8. The van der Waals surface area contributed by atoms with Gasteiger partial charge in [-0.3, -0.25) is 44.3 Å². The van der Waals surface area contributed by atoms with E-state index < -0.39 is 75.1 Å². The lowest BCUT2D eigenvalue weighted by atomic mass is 10.1. The number of nitro groups is 2. The van der Waals surface area contributed by atoms with Gasteiger partial charge in [0.2, 0.25) is 17.7 Å². The van der Waals surface area contributed by atoms with Gasteiger partial charge in [0, 0.05) is 88.8 Å². The van der Waals surface area contributed by atoms with Gasteiger partial charge in [-0.05, 0) is 71.2 Å². The van der Waals surface area contributed by atoms with E-state index in [1.165, 1.54) is 34.8 Å². The van der Waals surface area contributed by atoms with E-state index in [1.807, 2.05) is 39.1 Å². The molecule has 0 atom stereocenters. The van der Waals surface area contributed by atoms with Crippen LogP contribution in [0, 0.1) is 84.0 Å². The summed E-state index contributed by atoms with van der Waals surface area (Å²) < 4.78 is 151. The maximum absolute atomic E-state index is 12.8. The number of carbonyl (C=O) groups excluding carboxylic acids is 3. The van der Waals surface area contributed by atoms with Crippen molar-refractivity contribution in [1.82, 2.24) is 24.8 Å². The van der Waals surface area contributed by atoms with E-state index in [-0.39, 0.29) is 87.9 Å². The number of rotatable bonds is 2. The van der Waals surface area contributed by atoms with E-state index in [0.717, 1.165) is 51.3 Å². The zero-order chi connectivity index (χ0) is 67.8. The number of amides is 3. The Morgan fingerprint density at radius 1 is 0.543 bits per heavy atom.